The van der Waals surface area contributed by atoms with E-state index in [1.165, 1.54) is 89.9 Å². The predicted octanol–water partition coefficient (Wildman–Crippen LogP) is 10.6. The van der Waals surface area contributed by atoms with Crippen molar-refractivity contribution in [2.45, 2.75) is 182 Å². The molecule has 0 saturated heterocycles. The van der Waals surface area contributed by atoms with Crippen molar-refractivity contribution in [1.29, 1.82) is 0 Å². The largest absolute Gasteiger partial charge is 2.00 e. The molecule has 0 saturated carbocycles. The summed E-state index contributed by atoms with van der Waals surface area (Å²) in [6, 6.07) is 0. The molecule has 0 aliphatic carbocycles. The second-order valence-corrected chi connectivity index (χ2v) is 15.3. The van der Waals surface area contributed by atoms with Crippen LogP contribution in [0.4, 0.5) is 0 Å². The van der Waals surface area contributed by atoms with E-state index in [1.54, 1.807) is 0 Å². The minimum Gasteiger partial charge on any atom is -0.778 e. The third kappa shape index (κ3) is 40.9. The SMILES string of the molecule is CCCCCCCCOP(=O)([O-])CCCCCCCC.CCCCCCCCOP(=O)([O-])CCCCCCCC.[Zn+2]. The molecule has 0 heterocycles. The molecule has 41 heavy (non-hydrogen) atoms. The van der Waals surface area contributed by atoms with Crippen LogP contribution in [0.5, 0.6) is 0 Å². The Labute approximate surface area is 269 Å². The van der Waals surface area contributed by atoms with Gasteiger partial charge in [-0.15, -0.1) is 0 Å². The van der Waals surface area contributed by atoms with E-state index < -0.39 is 15.2 Å². The molecule has 0 amide bonds. The molecule has 0 fully saturated rings. The Kier molecular flexibility index (Phi) is 40.0. The maximum atomic E-state index is 11.7. The van der Waals surface area contributed by atoms with Gasteiger partial charge in [-0.3, -0.25) is 0 Å². The number of unbranched alkanes of at least 4 members (excludes halogenated alkanes) is 20. The van der Waals surface area contributed by atoms with E-state index in [-0.39, 0.29) is 31.8 Å². The molecule has 0 spiro atoms. The van der Waals surface area contributed by atoms with Gasteiger partial charge in [0, 0.05) is 12.3 Å². The topological polar surface area (TPSA) is 98.7 Å². The van der Waals surface area contributed by atoms with Crippen LogP contribution in [-0.4, -0.2) is 25.5 Å². The Morgan fingerprint density at radius 1 is 0.390 bits per heavy atom. The van der Waals surface area contributed by atoms with Crippen LogP contribution < -0.4 is 9.79 Å². The molecule has 0 aromatic rings. The summed E-state index contributed by atoms with van der Waals surface area (Å²) < 4.78 is 33.4. The van der Waals surface area contributed by atoms with Crippen LogP contribution in [0, 0.1) is 0 Å². The Bertz CT molecular complexity index is 545. The van der Waals surface area contributed by atoms with E-state index in [9.17, 15) is 18.9 Å². The molecule has 0 aromatic heterocycles. The molecule has 0 aliphatic rings. The first-order valence-electron chi connectivity index (χ1n) is 17.1. The number of hydrogen-bond donors (Lipinski definition) is 0. The Morgan fingerprint density at radius 3 is 0.878 bits per heavy atom. The van der Waals surface area contributed by atoms with Crippen molar-refractivity contribution in [3.8, 4) is 0 Å². The maximum Gasteiger partial charge on any atom is 2.00 e. The smallest absolute Gasteiger partial charge is 0.778 e. The Balaban J connectivity index is -0.000000688. The first-order chi connectivity index (χ1) is 19.2. The molecule has 2 atom stereocenters. The maximum absolute atomic E-state index is 11.7. The van der Waals surface area contributed by atoms with E-state index in [0.717, 1.165) is 64.2 Å². The summed E-state index contributed by atoms with van der Waals surface area (Å²) in [4.78, 5) is 23.3. The second kappa shape index (κ2) is 35.4. The van der Waals surface area contributed by atoms with Gasteiger partial charge in [-0.2, -0.15) is 0 Å². The van der Waals surface area contributed by atoms with E-state index in [1.807, 2.05) is 0 Å². The van der Waals surface area contributed by atoms with Gasteiger partial charge in [0.25, 0.3) is 0 Å². The van der Waals surface area contributed by atoms with Crippen LogP contribution in [-0.2, 0) is 37.7 Å². The zero-order chi connectivity index (χ0) is 30.2. The van der Waals surface area contributed by atoms with Gasteiger partial charge in [0.05, 0.1) is 13.2 Å². The molecule has 0 radical (unpaired) electrons. The molecule has 0 aromatic carbocycles. The second-order valence-electron chi connectivity index (χ2n) is 11.4. The third-order valence-electron chi connectivity index (χ3n) is 7.14. The average Bonchev–Trinajstić information content (AvgIpc) is 2.92. The summed E-state index contributed by atoms with van der Waals surface area (Å²) >= 11 is 0. The molecule has 0 N–H and O–H groups in total. The fourth-order valence-electron chi connectivity index (χ4n) is 4.47. The van der Waals surface area contributed by atoms with E-state index in [2.05, 4.69) is 27.7 Å². The van der Waals surface area contributed by atoms with Crippen LogP contribution in [0.15, 0.2) is 0 Å². The molecular weight excluding hydrogens is 608 g/mol. The minimum absolute atomic E-state index is 0. The Hall–Kier alpha value is 0.923. The van der Waals surface area contributed by atoms with Crippen LogP contribution >= 0.6 is 15.2 Å². The summed E-state index contributed by atoms with van der Waals surface area (Å²) in [5.41, 5.74) is 0. The Morgan fingerprint density at radius 2 is 0.610 bits per heavy atom. The van der Waals surface area contributed by atoms with Gasteiger partial charge < -0.3 is 28.0 Å². The van der Waals surface area contributed by atoms with Crippen molar-refractivity contribution in [2.75, 3.05) is 25.5 Å². The molecule has 0 aliphatic heterocycles. The number of rotatable bonds is 30. The fourth-order valence-corrected chi connectivity index (χ4v) is 6.77. The van der Waals surface area contributed by atoms with Gasteiger partial charge in [0.2, 0.25) is 0 Å². The van der Waals surface area contributed by atoms with Crippen molar-refractivity contribution in [3.05, 3.63) is 0 Å². The van der Waals surface area contributed by atoms with Gasteiger partial charge in [-0.25, -0.2) is 0 Å². The molecule has 0 rings (SSSR count). The number of hydrogen-bond acceptors (Lipinski definition) is 6. The molecular formula is C32H68O6P2Zn. The zero-order valence-electron chi connectivity index (χ0n) is 27.9. The van der Waals surface area contributed by atoms with E-state index >= 15 is 0 Å². The monoisotopic (exact) mass is 674 g/mol. The van der Waals surface area contributed by atoms with Gasteiger partial charge in [-0.1, -0.05) is 156 Å². The summed E-state index contributed by atoms with van der Waals surface area (Å²) in [5, 5.41) is 0. The molecule has 0 bridgehead atoms. The summed E-state index contributed by atoms with van der Waals surface area (Å²) in [7, 11) is -7.12. The molecule has 6 nitrogen and oxygen atoms in total. The summed E-state index contributed by atoms with van der Waals surface area (Å²) in [6.45, 7) is 9.51. The van der Waals surface area contributed by atoms with Gasteiger partial charge in [0.15, 0.2) is 0 Å². The van der Waals surface area contributed by atoms with Crippen molar-refractivity contribution >= 4 is 15.2 Å². The first kappa shape index (κ1) is 46.3. The van der Waals surface area contributed by atoms with Crippen molar-refractivity contribution in [1.82, 2.24) is 0 Å². The van der Waals surface area contributed by atoms with Crippen molar-refractivity contribution in [3.63, 3.8) is 0 Å². The summed E-state index contributed by atoms with van der Waals surface area (Å²) in [6.07, 6.45) is 27.5. The van der Waals surface area contributed by atoms with Crippen molar-refractivity contribution in [2.24, 2.45) is 0 Å². The van der Waals surface area contributed by atoms with Gasteiger partial charge in [-0.05, 0) is 25.7 Å². The standard InChI is InChI=1S/2C16H35O3P.Zn/c2*1-3-5-7-9-11-13-15-19-20(17,18)16-14-12-10-8-6-4-2;/h2*3-16H2,1-2H3,(H,17,18);/q;;+2/p-2. The van der Waals surface area contributed by atoms with E-state index in [0.29, 0.717) is 13.2 Å². The average molecular weight is 676 g/mol. The fraction of sp³-hybridized carbons (Fsp3) is 1.00. The molecule has 9 heteroatoms. The van der Waals surface area contributed by atoms with Crippen LogP contribution in [0.3, 0.4) is 0 Å². The molecule has 244 valence electrons. The molecule has 2 unspecified atom stereocenters. The van der Waals surface area contributed by atoms with Crippen LogP contribution in [0.1, 0.15) is 182 Å². The van der Waals surface area contributed by atoms with E-state index in [4.69, 9.17) is 9.05 Å². The predicted molar refractivity (Wildman–Crippen MR) is 170 cm³/mol. The zero-order valence-corrected chi connectivity index (χ0v) is 32.6. The third-order valence-corrected chi connectivity index (χ3v) is 10.0. The normalized spacial score (nSPS) is 14.0. The summed E-state index contributed by atoms with van der Waals surface area (Å²) in [5.74, 6) is 0. The quantitative estimate of drug-likeness (QED) is 0.0427. The van der Waals surface area contributed by atoms with Gasteiger partial charge in [0.1, 0.15) is 15.2 Å². The van der Waals surface area contributed by atoms with Crippen LogP contribution in [0.25, 0.3) is 0 Å². The minimum atomic E-state index is -3.56. The first-order valence-corrected chi connectivity index (χ1v) is 20.6. The van der Waals surface area contributed by atoms with Crippen molar-refractivity contribution < 1.29 is 47.4 Å². The van der Waals surface area contributed by atoms with Gasteiger partial charge >= 0.3 is 19.5 Å². The van der Waals surface area contributed by atoms with Crippen LogP contribution in [0.2, 0.25) is 0 Å².